The summed E-state index contributed by atoms with van der Waals surface area (Å²) in [5.41, 5.74) is 1.73. The van der Waals surface area contributed by atoms with Crippen LogP contribution in [0.4, 0.5) is 5.69 Å². The van der Waals surface area contributed by atoms with E-state index in [0.29, 0.717) is 17.9 Å². The van der Waals surface area contributed by atoms with Gasteiger partial charge in [-0.1, -0.05) is 49.2 Å². The molecule has 0 bridgehead atoms. The summed E-state index contributed by atoms with van der Waals surface area (Å²) in [6, 6.07) is 21.0. The van der Waals surface area contributed by atoms with Crippen LogP contribution < -0.4 is 10.2 Å². The van der Waals surface area contributed by atoms with Crippen LogP contribution in [0.1, 0.15) is 53.3 Å². The molecule has 1 atom stereocenters. The predicted octanol–water partition coefficient (Wildman–Crippen LogP) is 4.65. The first-order chi connectivity index (χ1) is 14.7. The minimum atomic E-state index is -0.556. The van der Waals surface area contributed by atoms with E-state index < -0.39 is 11.5 Å². The van der Waals surface area contributed by atoms with Crippen molar-refractivity contribution in [2.45, 2.75) is 43.7 Å². The molecule has 2 heterocycles. The molecule has 5 rings (SSSR count). The second kappa shape index (κ2) is 7.48. The molecule has 3 aromatic rings. The zero-order valence-electron chi connectivity index (χ0n) is 16.7. The SMILES string of the molecule is O=C(NCc1ccco1)[C@@H]1c2ccccc2C(=O)N(c2ccccc2)C12CCCC2. The lowest BCUT2D eigenvalue weighted by atomic mass is 9.70. The predicted molar refractivity (Wildman–Crippen MR) is 114 cm³/mol. The number of benzene rings is 2. The Labute approximate surface area is 175 Å². The van der Waals surface area contributed by atoms with E-state index in [1.54, 1.807) is 6.26 Å². The molecule has 2 aromatic carbocycles. The van der Waals surface area contributed by atoms with Gasteiger partial charge in [-0.3, -0.25) is 9.59 Å². The Morgan fingerprint density at radius 2 is 1.73 bits per heavy atom. The Bertz CT molecular complexity index is 1050. The van der Waals surface area contributed by atoms with Crippen LogP contribution in [0, 0.1) is 0 Å². The number of nitrogens with one attached hydrogen (secondary N) is 1. The average molecular weight is 400 g/mol. The minimum Gasteiger partial charge on any atom is -0.467 e. The van der Waals surface area contributed by atoms with E-state index in [4.69, 9.17) is 4.42 Å². The van der Waals surface area contributed by atoms with E-state index in [1.165, 1.54) is 0 Å². The zero-order valence-corrected chi connectivity index (χ0v) is 16.7. The fraction of sp³-hybridized carbons (Fsp3) is 0.280. The molecule has 1 N–H and O–H groups in total. The molecule has 5 heteroatoms. The van der Waals surface area contributed by atoms with Crippen molar-refractivity contribution in [3.63, 3.8) is 0 Å². The lowest BCUT2D eigenvalue weighted by Crippen LogP contribution is -2.61. The minimum absolute atomic E-state index is 0.0196. The molecule has 1 aliphatic carbocycles. The van der Waals surface area contributed by atoms with Crippen LogP contribution in [-0.4, -0.2) is 17.4 Å². The van der Waals surface area contributed by atoms with Crippen LogP contribution in [0.25, 0.3) is 0 Å². The van der Waals surface area contributed by atoms with Gasteiger partial charge in [-0.05, 0) is 48.7 Å². The van der Waals surface area contributed by atoms with Crippen LogP contribution in [0.15, 0.2) is 77.4 Å². The highest BCUT2D eigenvalue weighted by atomic mass is 16.3. The van der Waals surface area contributed by atoms with Crippen molar-refractivity contribution >= 4 is 17.5 Å². The molecule has 2 aliphatic rings. The van der Waals surface area contributed by atoms with Gasteiger partial charge in [0, 0.05) is 11.3 Å². The van der Waals surface area contributed by atoms with E-state index in [2.05, 4.69) is 5.32 Å². The second-order valence-electron chi connectivity index (χ2n) is 8.10. The van der Waals surface area contributed by atoms with Gasteiger partial charge in [0.05, 0.1) is 24.3 Å². The topological polar surface area (TPSA) is 62.6 Å². The third-order valence-corrected chi connectivity index (χ3v) is 6.45. The molecule has 0 saturated heterocycles. The number of hydrogen-bond acceptors (Lipinski definition) is 3. The fourth-order valence-corrected chi connectivity index (χ4v) is 5.21. The number of nitrogens with zero attached hydrogens (tertiary/aromatic N) is 1. The highest BCUT2D eigenvalue weighted by molar-refractivity contribution is 6.12. The molecule has 0 unspecified atom stereocenters. The maximum absolute atomic E-state index is 13.7. The van der Waals surface area contributed by atoms with Crippen LogP contribution in [-0.2, 0) is 11.3 Å². The van der Waals surface area contributed by atoms with Gasteiger partial charge in [0.15, 0.2) is 0 Å². The van der Waals surface area contributed by atoms with E-state index in [-0.39, 0.29) is 11.8 Å². The quantitative estimate of drug-likeness (QED) is 0.693. The Morgan fingerprint density at radius 1 is 1.00 bits per heavy atom. The van der Waals surface area contributed by atoms with Gasteiger partial charge >= 0.3 is 0 Å². The van der Waals surface area contributed by atoms with Gasteiger partial charge in [0.2, 0.25) is 5.91 Å². The summed E-state index contributed by atoms with van der Waals surface area (Å²) in [6.07, 6.45) is 5.22. The van der Waals surface area contributed by atoms with Crippen LogP contribution >= 0.6 is 0 Å². The maximum atomic E-state index is 13.7. The first kappa shape index (κ1) is 18.7. The number of carbonyl (C=O) groups excluding carboxylic acids is 2. The fourth-order valence-electron chi connectivity index (χ4n) is 5.21. The van der Waals surface area contributed by atoms with Crippen molar-refractivity contribution in [1.82, 2.24) is 5.32 Å². The van der Waals surface area contributed by atoms with Crippen molar-refractivity contribution < 1.29 is 14.0 Å². The number of hydrogen-bond donors (Lipinski definition) is 1. The summed E-state index contributed by atoms with van der Waals surface area (Å²) >= 11 is 0. The van der Waals surface area contributed by atoms with Gasteiger partial charge in [-0.2, -0.15) is 0 Å². The number of fused-ring (bicyclic) bond motifs is 1. The first-order valence-corrected chi connectivity index (χ1v) is 10.5. The Morgan fingerprint density at radius 3 is 2.47 bits per heavy atom. The zero-order chi connectivity index (χ0) is 20.6. The Kier molecular flexibility index (Phi) is 4.66. The highest BCUT2D eigenvalue weighted by Gasteiger charge is 2.56. The van der Waals surface area contributed by atoms with Crippen LogP contribution in [0.5, 0.6) is 0 Å². The molecule has 2 amide bonds. The summed E-state index contributed by atoms with van der Waals surface area (Å²) in [4.78, 5) is 29.2. The van der Waals surface area contributed by atoms with Gasteiger partial charge in [-0.25, -0.2) is 0 Å². The normalized spacial score (nSPS) is 19.7. The second-order valence-corrected chi connectivity index (χ2v) is 8.10. The number of rotatable bonds is 4. The highest BCUT2D eigenvalue weighted by Crippen LogP contribution is 2.51. The number of para-hydroxylation sites is 1. The smallest absolute Gasteiger partial charge is 0.259 e. The number of furan rings is 1. The lowest BCUT2D eigenvalue weighted by molar-refractivity contribution is -0.124. The molecule has 1 fully saturated rings. The summed E-state index contributed by atoms with van der Waals surface area (Å²) in [5, 5.41) is 3.06. The monoisotopic (exact) mass is 400 g/mol. The van der Waals surface area contributed by atoms with Gasteiger partial charge in [-0.15, -0.1) is 0 Å². The molecule has 5 nitrogen and oxygen atoms in total. The van der Waals surface area contributed by atoms with Crippen LogP contribution in [0.2, 0.25) is 0 Å². The largest absolute Gasteiger partial charge is 0.467 e. The van der Waals surface area contributed by atoms with Crippen molar-refractivity contribution in [2.75, 3.05) is 4.90 Å². The third-order valence-electron chi connectivity index (χ3n) is 6.45. The van der Waals surface area contributed by atoms with E-state index in [0.717, 1.165) is 36.9 Å². The standard InChI is InChI=1S/C25H24N2O3/c28-23(26-17-19-11-8-16-30-19)22-20-12-4-5-13-21(20)24(29)27(18-9-2-1-3-10-18)25(22)14-6-7-15-25/h1-5,8-13,16,22H,6-7,14-15,17H2,(H,26,28)/t22-/m0/s1. The number of carbonyl (C=O) groups is 2. The van der Waals surface area contributed by atoms with Gasteiger partial charge in [0.1, 0.15) is 5.76 Å². The van der Waals surface area contributed by atoms with E-state index in [9.17, 15) is 9.59 Å². The molecule has 1 saturated carbocycles. The summed E-state index contributed by atoms with van der Waals surface area (Å²) in [6.45, 7) is 0.333. The van der Waals surface area contributed by atoms with E-state index >= 15 is 0 Å². The number of amides is 2. The summed E-state index contributed by atoms with van der Waals surface area (Å²) < 4.78 is 5.39. The Hall–Kier alpha value is -3.34. The summed E-state index contributed by atoms with van der Waals surface area (Å²) in [5.74, 6) is 0.205. The first-order valence-electron chi connectivity index (χ1n) is 10.5. The average Bonchev–Trinajstić information content (AvgIpc) is 3.46. The molecular formula is C25H24N2O3. The lowest BCUT2D eigenvalue weighted by Gasteiger charge is -2.50. The van der Waals surface area contributed by atoms with Gasteiger partial charge in [0.25, 0.3) is 5.91 Å². The molecule has 30 heavy (non-hydrogen) atoms. The van der Waals surface area contributed by atoms with Crippen molar-refractivity contribution in [3.05, 3.63) is 89.9 Å². The molecule has 1 spiro atoms. The molecular weight excluding hydrogens is 376 g/mol. The van der Waals surface area contributed by atoms with Crippen molar-refractivity contribution in [2.24, 2.45) is 0 Å². The molecule has 152 valence electrons. The molecule has 0 radical (unpaired) electrons. The molecule has 1 aliphatic heterocycles. The maximum Gasteiger partial charge on any atom is 0.259 e. The van der Waals surface area contributed by atoms with Crippen LogP contribution in [0.3, 0.4) is 0 Å². The van der Waals surface area contributed by atoms with Crippen molar-refractivity contribution in [1.29, 1.82) is 0 Å². The number of anilines is 1. The summed E-state index contributed by atoms with van der Waals surface area (Å²) in [7, 11) is 0. The van der Waals surface area contributed by atoms with Crippen molar-refractivity contribution in [3.8, 4) is 0 Å². The van der Waals surface area contributed by atoms with Gasteiger partial charge < -0.3 is 14.6 Å². The Balaban J connectivity index is 1.61. The van der Waals surface area contributed by atoms with E-state index in [1.807, 2.05) is 71.6 Å². The third kappa shape index (κ3) is 2.93. The molecule has 1 aromatic heterocycles.